The van der Waals surface area contributed by atoms with Gasteiger partial charge in [0, 0.05) is 19.0 Å². The van der Waals surface area contributed by atoms with Crippen LogP contribution in [0.15, 0.2) is 29.2 Å². The zero-order chi connectivity index (χ0) is 11.4. The zero-order valence-corrected chi connectivity index (χ0v) is 11.3. The highest BCUT2D eigenvalue weighted by Gasteiger charge is 2.03. The molecule has 3 heteroatoms. The van der Waals surface area contributed by atoms with E-state index in [0.29, 0.717) is 5.92 Å². The van der Waals surface area contributed by atoms with E-state index in [-0.39, 0.29) is 0 Å². The molecule has 0 spiro atoms. The maximum absolute atomic E-state index is 5.23. The fourth-order valence-corrected chi connectivity index (χ4v) is 2.06. The largest absolute Gasteiger partial charge is 0.363 e. The van der Waals surface area contributed by atoms with E-state index in [9.17, 15) is 0 Å². The minimum atomic E-state index is 0.588. The lowest BCUT2D eigenvalue weighted by atomic mass is 10.0. The van der Waals surface area contributed by atoms with Crippen molar-refractivity contribution in [2.45, 2.75) is 24.7 Å². The van der Waals surface area contributed by atoms with Crippen LogP contribution in [0.25, 0.3) is 0 Å². The van der Waals surface area contributed by atoms with E-state index in [2.05, 4.69) is 38.1 Å². The molecule has 0 N–H and O–H groups in total. The molecule has 0 saturated carbocycles. The molecular weight excluding hydrogens is 222 g/mol. The lowest BCUT2D eigenvalue weighted by Crippen LogP contribution is -2.15. The van der Waals surface area contributed by atoms with Gasteiger partial charge in [-0.05, 0) is 23.6 Å². The third kappa shape index (κ3) is 3.84. The minimum Gasteiger partial charge on any atom is -0.363 e. The van der Waals surface area contributed by atoms with Gasteiger partial charge in [0.25, 0.3) is 0 Å². The van der Waals surface area contributed by atoms with Gasteiger partial charge in [0.2, 0.25) is 0 Å². The second-order valence-electron chi connectivity index (χ2n) is 3.99. The molecule has 0 heterocycles. The quantitative estimate of drug-likeness (QED) is 0.571. The van der Waals surface area contributed by atoms with Crippen LogP contribution >= 0.6 is 24.0 Å². The van der Waals surface area contributed by atoms with E-state index in [0.717, 1.165) is 4.32 Å². The van der Waals surface area contributed by atoms with Crippen molar-refractivity contribution in [2.75, 3.05) is 14.1 Å². The monoisotopic (exact) mass is 239 g/mol. The summed E-state index contributed by atoms with van der Waals surface area (Å²) in [7, 11) is 3.94. The van der Waals surface area contributed by atoms with E-state index in [4.69, 9.17) is 12.2 Å². The SMILES string of the molecule is CC(C)c1ccc(SC(=S)N(C)C)cc1. The smallest absolute Gasteiger partial charge is 0.140 e. The van der Waals surface area contributed by atoms with Crippen LogP contribution in [-0.2, 0) is 0 Å². The summed E-state index contributed by atoms with van der Waals surface area (Å²) in [6.45, 7) is 4.40. The van der Waals surface area contributed by atoms with Gasteiger partial charge in [-0.25, -0.2) is 0 Å². The van der Waals surface area contributed by atoms with Gasteiger partial charge in [-0.15, -0.1) is 0 Å². The number of nitrogens with zero attached hydrogens (tertiary/aromatic N) is 1. The molecule has 0 radical (unpaired) electrons. The predicted molar refractivity (Wildman–Crippen MR) is 72.7 cm³/mol. The number of hydrogen-bond donors (Lipinski definition) is 0. The first-order valence-corrected chi connectivity index (χ1v) is 6.22. The lowest BCUT2D eigenvalue weighted by molar-refractivity contribution is 0.648. The van der Waals surface area contributed by atoms with Crippen LogP contribution in [0.1, 0.15) is 25.3 Å². The fraction of sp³-hybridized carbons (Fsp3) is 0.417. The Labute approximate surface area is 102 Å². The third-order valence-corrected chi connectivity index (χ3v) is 3.78. The molecule has 0 saturated heterocycles. The normalized spacial score (nSPS) is 10.5. The summed E-state index contributed by atoms with van der Waals surface area (Å²) in [5.74, 6) is 0.588. The molecule has 1 aromatic rings. The van der Waals surface area contributed by atoms with Crippen molar-refractivity contribution in [3.8, 4) is 0 Å². The second kappa shape index (κ2) is 5.52. The van der Waals surface area contributed by atoms with E-state index in [1.807, 2.05) is 19.0 Å². The molecule has 15 heavy (non-hydrogen) atoms. The number of rotatable bonds is 2. The van der Waals surface area contributed by atoms with Gasteiger partial charge >= 0.3 is 0 Å². The third-order valence-electron chi connectivity index (χ3n) is 2.12. The first-order valence-electron chi connectivity index (χ1n) is 5.00. The molecule has 1 rings (SSSR count). The molecular formula is C12H17NS2. The van der Waals surface area contributed by atoms with Crippen molar-refractivity contribution >= 4 is 28.3 Å². The Kier molecular flexibility index (Phi) is 4.61. The molecule has 0 atom stereocenters. The van der Waals surface area contributed by atoms with Crippen LogP contribution in [0.2, 0.25) is 0 Å². The fourth-order valence-electron chi connectivity index (χ4n) is 1.11. The molecule has 0 aliphatic carbocycles. The maximum Gasteiger partial charge on any atom is 0.140 e. The van der Waals surface area contributed by atoms with Gasteiger partial charge in [-0.2, -0.15) is 0 Å². The predicted octanol–water partition coefficient (Wildman–Crippen LogP) is 3.75. The van der Waals surface area contributed by atoms with E-state index in [1.165, 1.54) is 10.5 Å². The first kappa shape index (κ1) is 12.5. The van der Waals surface area contributed by atoms with Gasteiger partial charge < -0.3 is 4.90 Å². The van der Waals surface area contributed by atoms with Gasteiger partial charge in [0.05, 0.1) is 0 Å². The number of hydrogen-bond acceptors (Lipinski definition) is 2. The van der Waals surface area contributed by atoms with Crippen LogP contribution < -0.4 is 0 Å². The summed E-state index contributed by atoms with van der Waals surface area (Å²) >= 11 is 6.86. The summed E-state index contributed by atoms with van der Waals surface area (Å²) < 4.78 is 0.896. The highest BCUT2D eigenvalue weighted by Crippen LogP contribution is 2.23. The van der Waals surface area contributed by atoms with Gasteiger partial charge in [-0.1, -0.05) is 50.0 Å². The summed E-state index contributed by atoms with van der Waals surface area (Å²) in [5.41, 5.74) is 1.37. The standard InChI is InChI=1S/C12H17NS2/c1-9(2)10-5-7-11(8-6-10)15-12(14)13(3)4/h5-9H,1-4H3. The number of thioether (sulfide) groups is 1. The second-order valence-corrected chi connectivity index (χ2v) is 5.69. The Hall–Kier alpha value is -0.540. The molecule has 1 nitrogen and oxygen atoms in total. The van der Waals surface area contributed by atoms with Crippen LogP contribution in [0.3, 0.4) is 0 Å². The van der Waals surface area contributed by atoms with Crippen molar-refractivity contribution in [1.82, 2.24) is 4.90 Å². The lowest BCUT2D eigenvalue weighted by Gasteiger charge is -2.13. The summed E-state index contributed by atoms with van der Waals surface area (Å²) in [5, 5.41) is 0. The highest BCUT2D eigenvalue weighted by atomic mass is 32.2. The Balaban J connectivity index is 2.69. The zero-order valence-electron chi connectivity index (χ0n) is 9.65. The summed E-state index contributed by atoms with van der Waals surface area (Å²) in [4.78, 5) is 3.16. The number of benzene rings is 1. The highest BCUT2D eigenvalue weighted by molar-refractivity contribution is 8.22. The molecule has 0 amide bonds. The number of thiocarbonyl (C=S) groups is 1. The Morgan fingerprint density at radius 1 is 1.20 bits per heavy atom. The van der Waals surface area contributed by atoms with E-state index >= 15 is 0 Å². The summed E-state index contributed by atoms with van der Waals surface area (Å²) in [6.07, 6.45) is 0. The van der Waals surface area contributed by atoms with Crippen molar-refractivity contribution in [3.63, 3.8) is 0 Å². The van der Waals surface area contributed by atoms with E-state index < -0.39 is 0 Å². The Morgan fingerprint density at radius 2 is 1.73 bits per heavy atom. The van der Waals surface area contributed by atoms with Crippen molar-refractivity contribution in [3.05, 3.63) is 29.8 Å². The van der Waals surface area contributed by atoms with Crippen LogP contribution in [0.4, 0.5) is 0 Å². The van der Waals surface area contributed by atoms with Gasteiger partial charge in [0.1, 0.15) is 4.32 Å². The summed E-state index contributed by atoms with van der Waals surface area (Å²) in [6, 6.07) is 8.61. The molecule has 0 aromatic heterocycles. The average molecular weight is 239 g/mol. The van der Waals surface area contributed by atoms with Crippen LogP contribution in [0.5, 0.6) is 0 Å². The Bertz CT molecular complexity index is 328. The molecule has 1 aromatic carbocycles. The average Bonchev–Trinajstić information content (AvgIpc) is 2.18. The Morgan fingerprint density at radius 3 is 2.13 bits per heavy atom. The maximum atomic E-state index is 5.23. The molecule has 82 valence electrons. The molecule has 0 unspecified atom stereocenters. The van der Waals surface area contributed by atoms with Gasteiger partial charge in [0.15, 0.2) is 0 Å². The molecule has 0 aliphatic heterocycles. The first-order chi connectivity index (χ1) is 7.00. The minimum absolute atomic E-state index is 0.588. The van der Waals surface area contributed by atoms with Gasteiger partial charge in [-0.3, -0.25) is 0 Å². The van der Waals surface area contributed by atoms with Crippen LogP contribution in [0, 0.1) is 0 Å². The van der Waals surface area contributed by atoms with Crippen molar-refractivity contribution in [2.24, 2.45) is 0 Å². The molecule has 0 fully saturated rings. The topological polar surface area (TPSA) is 3.24 Å². The van der Waals surface area contributed by atoms with Crippen molar-refractivity contribution in [1.29, 1.82) is 0 Å². The van der Waals surface area contributed by atoms with Crippen molar-refractivity contribution < 1.29 is 0 Å². The van der Waals surface area contributed by atoms with Crippen LogP contribution in [-0.4, -0.2) is 23.3 Å². The molecule has 0 bridgehead atoms. The molecule has 0 aliphatic rings. The van der Waals surface area contributed by atoms with E-state index in [1.54, 1.807) is 11.8 Å².